The van der Waals surface area contributed by atoms with Crippen LogP contribution in [0, 0.1) is 0 Å². The third-order valence-corrected chi connectivity index (χ3v) is 2.90. The Kier molecular flexibility index (Phi) is 3.64. The minimum absolute atomic E-state index is 0. The normalized spacial score (nSPS) is 11.1. The van der Waals surface area contributed by atoms with E-state index in [0.29, 0.717) is 0 Å². The topological polar surface area (TPSA) is 87.5 Å². The van der Waals surface area contributed by atoms with E-state index in [9.17, 15) is 13.5 Å². The third kappa shape index (κ3) is 2.22. The van der Waals surface area contributed by atoms with Gasteiger partial charge in [0.05, 0.1) is 0 Å². The van der Waals surface area contributed by atoms with E-state index in [4.69, 9.17) is 4.55 Å². The second-order valence-electron chi connectivity index (χ2n) is 2.96. The van der Waals surface area contributed by atoms with E-state index in [1.165, 1.54) is 24.4 Å². The van der Waals surface area contributed by atoms with E-state index in [1.807, 2.05) is 0 Å². The smallest absolute Gasteiger partial charge is 0.295 e. The van der Waals surface area contributed by atoms with Gasteiger partial charge in [0.1, 0.15) is 16.2 Å². The van der Waals surface area contributed by atoms with Crippen molar-refractivity contribution < 1.29 is 38.2 Å². The molecule has 0 spiro atoms. The van der Waals surface area contributed by atoms with E-state index in [0.717, 1.165) is 6.07 Å². The first-order chi connectivity index (χ1) is 7.00. The van der Waals surface area contributed by atoms with Gasteiger partial charge < -0.3 is 5.11 Å². The van der Waals surface area contributed by atoms with Crippen LogP contribution in [0.25, 0.3) is 10.9 Å². The van der Waals surface area contributed by atoms with Crippen LogP contribution in [0.4, 0.5) is 0 Å². The first kappa shape index (κ1) is 13.1. The number of hydrogen-bond donors (Lipinski definition) is 2. The Bertz CT molecular complexity index is 626. The minimum Gasteiger partial charge on any atom is -0.506 e. The zero-order chi connectivity index (χ0) is 11.1. The summed E-state index contributed by atoms with van der Waals surface area (Å²) >= 11 is 0. The van der Waals surface area contributed by atoms with Gasteiger partial charge in [-0.05, 0) is 24.3 Å². The average molecular weight is 324 g/mol. The van der Waals surface area contributed by atoms with E-state index in [-0.39, 0.29) is 41.7 Å². The number of benzene rings is 1. The fourth-order valence-electron chi connectivity index (χ4n) is 1.36. The van der Waals surface area contributed by atoms with E-state index in [2.05, 4.69) is 4.98 Å². The molecule has 16 heavy (non-hydrogen) atoms. The van der Waals surface area contributed by atoms with Gasteiger partial charge in [-0.1, -0.05) is 0 Å². The van der Waals surface area contributed by atoms with Crippen LogP contribution in [0.15, 0.2) is 35.4 Å². The molecule has 7 heteroatoms. The largest absolute Gasteiger partial charge is 0.506 e. The van der Waals surface area contributed by atoms with Gasteiger partial charge in [-0.3, -0.25) is 9.54 Å². The standard InChI is InChI=1S/C9H7NO4S.Tc/c11-7-3-4-8(15(12,13)14)6-2-1-5-10-9(6)7;/h1-5,11H,(H,12,13,14);/i;1+1. The number of hydrogen-bond acceptors (Lipinski definition) is 4. The van der Waals surface area contributed by atoms with Gasteiger partial charge in [0.15, 0.2) is 0 Å². The van der Waals surface area contributed by atoms with Crippen LogP contribution in [-0.2, 0) is 30.2 Å². The van der Waals surface area contributed by atoms with Crippen LogP contribution in [-0.4, -0.2) is 23.1 Å². The molecule has 0 saturated heterocycles. The predicted octanol–water partition coefficient (Wildman–Crippen LogP) is 1.18. The van der Waals surface area contributed by atoms with Crippen LogP contribution in [0.1, 0.15) is 0 Å². The summed E-state index contributed by atoms with van der Waals surface area (Å²) in [7, 11) is -4.30. The van der Waals surface area contributed by atoms with Crippen LogP contribution >= 0.6 is 0 Å². The summed E-state index contributed by atoms with van der Waals surface area (Å²) < 4.78 is 30.9. The molecule has 0 unspecified atom stereocenters. The second-order valence-corrected chi connectivity index (χ2v) is 4.35. The van der Waals surface area contributed by atoms with Crippen molar-refractivity contribution in [2.75, 3.05) is 0 Å². The van der Waals surface area contributed by atoms with Crippen molar-refractivity contribution in [1.82, 2.24) is 4.98 Å². The van der Waals surface area contributed by atoms with Crippen LogP contribution in [0.2, 0.25) is 0 Å². The van der Waals surface area contributed by atoms with Gasteiger partial charge in [-0.2, -0.15) is 8.42 Å². The van der Waals surface area contributed by atoms with E-state index in [1.54, 1.807) is 0 Å². The molecule has 1 heterocycles. The molecule has 0 atom stereocenters. The number of aromatic nitrogens is 1. The quantitative estimate of drug-likeness (QED) is 0.769. The Balaban J connectivity index is 0.00000128. The molecule has 0 aliphatic carbocycles. The SMILES string of the molecule is O=S(=O)(O)c1ccc(O)c2ncccc12.[99Tc]. The molecule has 1 aromatic carbocycles. The Morgan fingerprint density at radius 1 is 1.19 bits per heavy atom. The zero-order valence-corrected chi connectivity index (χ0v) is 10.5. The van der Waals surface area contributed by atoms with Crippen molar-refractivity contribution in [3.63, 3.8) is 0 Å². The molecule has 0 aliphatic rings. The van der Waals surface area contributed by atoms with Crippen molar-refractivity contribution in [3.8, 4) is 5.75 Å². The number of pyridine rings is 1. The van der Waals surface area contributed by atoms with Gasteiger partial charge in [0.25, 0.3) is 10.1 Å². The molecule has 0 saturated carbocycles. The first-order valence-corrected chi connectivity index (χ1v) is 5.48. The molecule has 0 fully saturated rings. The molecule has 0 amide bonds. The number of fused-ring (bicyclic) bond motifs is 1. The molecule has 1 aromatic heterocycles. The summed E-state index contributed by atoms with van der Waals surface area (Å²) in [5, 5.41) is 9.62. The van der Waals surface area contributed by atoms with E-state index >= 15 is 0 Å². The maximum absolute atomic E-state index is 11.0. The van der Waals surface area contributed by atoms with Crippen LogP contribution in [0.3, 0.4) is 0 Å². The van der Waals surface area contributed by atoms with E-state index < -0.39 is 10.1 Å². The summed E-state index contributed by atoms with van der Waals surface area (Å²) in [6.07, 6.45) is 1.43. The third-order valence-electron chi connectivity index (χ3n) is 1.99. The molecule has 2 rings (SSSR count). The Morgan fingerprint density at radius 2 is 1.88 bits per heavy atom. The molecular formula is C9H7NO4STc. The van der Waals surface area contributed by atoms with Crippen molar-refractivity contribution in [1.29, 1.82) is 0 Å². The fourth-order valence-corrected chi connectivity index (χ4v) is 2.04. The first-order valence-electron chi connectivity index (χ1n) is 4.04. The molecule has 85 valence electrons. The van der Waals surface area contributed by atoms with Gasteiger partial charge in [-0.25, -0.2) is 0 Å². The maximum Gasteiger partial charge on any atom is 0.295 e. The minimum atomic E-state index is -4.30. The van der Waals surface area contributed by atoms with Gasteiger partial charge >= 0.3 is 0 Å². The number of phenolic OH excluding ortho intramolecular Hbond substituents is 1. The molecule has 1 radical (unpaired) electrons. The number of aromatic hydroxyl groups is 1. The summed E-state index contributed by atoms with van der Waals surface area (Å²) in [4.78, 5) is 3.57. The van der Waals surface area contributed by atoms with Crippen molar-refractivity contribution >= 4 is 21.0 Å². The zero-order valence-electron chi connectivity index (χ0n) is 7.83. The second kappa shape index (κ2) is 4.47. The van der Waals surface area contributed by atoms with Gasteiger partial charge in [0.2, 0.25) is 0 Å². The summed E-state index contributed by atoms with van der Waals surface area (Å²) in [5.41, 5.74) is 0.146. The van der Waals surface area contributed by atoms with Crippen molar-refractivity contribution in [3.05, 3.63) is 30.5 Å². The molecule has 0 bridgehead atoms. The van der Waals surface area contributed by atoms with Gasteiger partial charge in [-0.15, -0.1) is 0 Å². The Labute approximate surface area is 105 Å². The monoisotopic (exact) mass is 324 g/mol. The fraction of sp³-hybridized carbons (Fsp3) is 0. The number of rotatable bonds is 1. The number of nitrogens with zero attached hydrogens (tertiary/aromatic N) is 1. The van der Waals surface area contributed by atoms with Gasteiger partial charge in [0, 0.05) is 31.7 Å². The summed E-state index contributed by atoms with van der Waals surface area (Å²) in [5.74, 6) is -0.127. The average Bonchev–Trinajstić information content (AvgIpc) is 2.17. The molecular weight excluding hydrogens is 317 g/mol. The van der Waals surface area contributed by atoms with Crippen LogP contribution in [0.5, 0.6) is 5.75 Å². The Morgan fingerprint density at radius 3 is 2.50 bits per heavy atom. The van der Waals surface area contributed by atoms with Crippen molar-refractivity contribution in [2.45, 2.75) is 4.90 Å². The van der Waals surface area contributed by atoms with Crippen LogP contribution < -0.4 is 0 Å². The molecule has 0 aliphatic heterocycles. The summed E-state index contributed by atoms with van der Waals surface area (Å²) in [6, 6.07) is 5.30. The number of phenols is 1. The molecule has 2 aromatic rings. The maximum atomic E-state index is 11.0. The predicted molar refractivity (Wildman–Crippen MR) is 53.2 cm³/mol. The summed E-state index contributed by atoms with van der Waals surface area (Å²) in [6.45, 7) is 0. The molecule has 2 N–H and O–H groups in total. The molecule has 5 nitrogen and oxygen atoms in total. The van der Waals surface area contributed by atoms with Crippen molar-refractivity contribution in [2.24, 2.45) is 0 Å². The Hall–Kier alpha value is -1.01.